The Morgan fingerprint density at radius 1 is 1.29 bits per heavy atom. The molecule has 0 fully saturated rings. The molecule has 0 aliphatic heterocycles. The summed E-state index contributed by atoms with van der Waals surface area (Å²) in [5, 5.41) is 2.56. The fourth-order valence-corrected chi connectivity index (χ4v) is 1.36. The molecule has 1 aromatic rings. The quantitative estimate of drug-likeness (QED) is 0.658. The summed E-state index contributed by atoms with van der Waals surface area (Å²) in [6.07, 6.45) is 2.35. The van der Waals surface area contributed by atoms with Crippen molar-refractivity contribution >= 4 is 12.1 Å². The first-order chi connectivity index (χ1) is 9.81. The van der Waals surface area contributed by atoms with Crippen LogP contribution in [0.5, 0.6) is 5.75 Å². The van der Waals surface area contributed by atoms with Gasteiger partial charge in [-0.15, -0.1) is 0 Å². The van der Waals surface area contributed by atoms with Crippen molar-refractivity contribution in [1.82, 2.24) is 10.3 Å². The van der Waals surface area contributed by atoms with Gasteiger partial charge < -0.3 is 19.5 Å². The van der Waals surface area contributed by atoms with Crippen molar-refractivity contribution in [1.29, 1.82) is 0 Å². The van der Waals surface area contributed by atoms with E-state index in [2.05, 4.69) is 15.0 Å². The summed E-state index contributed by atoms with van der Waals surface area (Å²) in [7, 11) is 1.29. The van der Waals surface area contributed by atoms with Crippen LogP contribution in [-0.2, 0) is 9.47 Å². The van der Waals surface area contributed by atoms with Crippen LogP contribution in [0.1, 0.15) is 31.1 Å². The van der Waals surface area contributed by atoms with Crippen molar-refractivity contribution in [2.75, 3.05) is 20.3 Å². The first-order valence-corrected chi connectivity index (χ1v) is 6.45. The lowest BCUT2D eigenvalue weighted by molar-refractivity contribution is 0.0519. The zero-order valence-corrected chi connectivity index (χ0v) is 12.6. The second-order valence-corrected chi connectivity index (χ2v) is 5.18. The van der Waals surface area contributed by atoms with E-state index in [0.29, 0.717) is 11.3 Å². The van der Waals surface area contributed by atoms with Gasteiger partial charge in [0.1, 0.15) is 18.0 Å². The molecule has 0 atom stereocenters. The molecular formula is C14H20N2O5. The van der Waals surface area contributed by atoms with Crippen LogP contribution in [0.2, 0.25) is 0 Å². The maximum Gasteiger partial charge on any atom is 0.407 e. The fourth-order valence-electron chi connectivity index (χ4n) is 1.36. The Labute approximate surface area is 123 Å². The zero-order valence-electron chi connectivity index (χ0n) is 12.6. The van der Waals surface area contributed by atoms with Gasteiger partial charge in [-0.25, -0.2) is 9.59 Å². The standard InChI is InChI=1S/C14H20N2O5/c1-14(2,3)21-13(18)16-5-6-20-11-7-10(8-15-9-11)12(17)19-4/h7-9H,5-6H2,1-4H3,(H,16,18). The highest BCUT2D eigenvalue weighted by atomic mass is 16.6. The minimum Gasteiger partial charge on any atom is -0.490 e. The number of nitrogens with one attached hydrogen (secondary N) is 1. The Morgan fingerprint density at radius 2 is 2.00 bits per heavy atom. The first kappa shape index (κ1) is 16.7. The number of carbonyl (C=O) groups is 2. The summed E-state index contributed by atoms with van der Waals surface area (Å²) in [4.78, 5) is 26.6. The van der Waals surface area contributed by atoms with Crippen LogP contribution in [0.15, 0.2) is 18.5 Å². The van der Waals surface area contributed by atoms with Crippen LogP contribution < -0.4 is 10.1 Å². The number of esters is 1. The van der Waals surface area contributed by atoms with E-state index >= 15 is 0 Å². The molecule has 0 aliphatic rings. The van der Waals surface area contributed by atoms with E-state index in [9.17, 15) is 9.59 Å². The molecular weight excluding hydrogens is 276 g/mol. The van der Waals surface area contributed by atoms with Crippen molar-refractivity contribution in [3.63, 3.8) is 0 Å². The molecule has 7 heteroatoms. The van der Waals surface area contributed by atoms with Crippen molar-refractivity contribution < 1.29 is 23.8 Å². The van der Waals surface area contributed by atoms with E-state index in [4.69, 9.17) is 9.47 Å². The molecule has 1 aromatic heterocycles. The van der Waals surface area contributed by atoms with Crippen LogP contribution in [0.4, 0.5) is 4.79 Å². The summed E-state index contributed by atoms with van der Waals surface area (Å²) < 4.78 is 15.0. The predicted molar refractivity (Wildman–Crippen MR) is 75.3 cm³/mol. The number of hydrogen-bond acceptors (Lipinski definition) is 6. The molecule has 7 nitrogen and oxygen atoms in total. The zero-order chi connectivity index (χ0) is 15.9. The number of hydrogen-bond donors (Lipinski definition) is 1. The maximum atomic E-state index is 11.4. The summed E-state index contributed by atoms with van der Waals surface area (Å²) in [6.45, 7) is 5.86. The van der Waals surface area contributed by atoms with Gasteiger partial charge in [-0.05, 0) is 26.8 Å². The van der Waals surface area contributed by atoms with Gasteiger partial charge in [0.15, 0.2) is 0 Å². The lowest BCUT2D eigenvalue weighted by atomic mass is 10.2. The van der Waals surface area contributed by atoms with Crippen molar-refractivity contribution in [3.8, 4) is 5.75 Å². The van der Waals surface area contributed by atoms with Gasteiger partial charge in [0.2, 0.25) is 0 Å². The normalized spacial score (nSPS) is 10.7. The van der Waals surface area contributed by atoms with Crippen molar-refractivity contribution in [2.24, 2.45) is 0 Å². The van der Waals surface area contributed by atoms with Crippen LogP contribution in [0, 0.1) is 0 Å². The lowest BCUT2D eigenvalue weighted by Gasteiger charge is -2.19. The van der Waals surface area contributed by atoms with Crippen LogP contribution in [0.3, 0.4) is 0 Å². The first-order valence-electron chi connectivity index (χ1n) is 6.45. The molecule has 0 saturated heterocycles. The molecule has 1 rings (SSSR count). The highest BCUT2D eigenvalue weighted by Gasteiger charge is 2.15. The number of carbonyl (C=O) groups excluding carboxylic acids is 2. The Bertz CT molecular complexity index is 496. The average molecular weight is 296 g/mol. The third-order valence-electron chi connectivity index (χ3n) is 2.17. The minimum absolute atomic E-state index is 0.228. The van der Waals surface area contributed by atoms with Gasteiger partial charge in [-0.2, -0.15) is 0 Å². The van der Waals surface area contributed by atoms with Crippen LogP contribution >= 0.6 is 0 Å². The van der Waals surface area contributed by atoms with E-state index in [1.807, 2.05) is 0 Å². The molecule has 116 valence electrons. The smallest absolute Gasteiger partial charge is 0.407 e. The van der Waals surface area contributed by atoms with Crippen molar-refractivity contribution in [2.45, 2.75) is 26.4 Å². The molecule has 0 aliphatic carbocycles. The van der Waals surface area contributed by atoms with Crippen LogP contribution in [0.25, 0.3) is 0 Å². The van der Waals surface area contributed by atoms with Gasteiger partial charge in [0, 0.05) is 6.20 Å². The molecule has 0 aromatic carbocycles. The molecule has 0 spiro atoms. The Hall–Kier alpha value is -2.31. The van der Waals surface area contributed by atoms with Gasteiger partial charge in [-0.1, -0.05) is 0 Å². The number of rotatable bonds is 5. The highest BCUT2D eigenvalue weighted by Crippen LogP contribution is 2.11. The van der Waals surface area contributed by atoms with Gasteiger partial charge in [0.25, 0.3) is 0 Å². The predicted octanol–water partition coefficient (Wildman–Crippen LogP) is 1.77. The monoisotopic (exact) mass is 296 g/mol. The lowest BCUT2D eigenvalue weighted by Crippen LogP contribution is -2.34. The van der Waals surface area contributed by atoms with E-state index in [1.165, 1.54) is 25.6 Å². The van der Waals surface area contributed by atoms with Crippen molar-refractivity contribution in [3.05, 3.63) is 24.0 Å². The molecule has 1 heterocycles. The van der Waals surface area contributed by atoms with Gasteiger partial charge in [-0.3, -0.25) is 4.98 Å². The summed E-state index contributed by atoms with van der Waals surface area (Å²) in [5.74, 6) is -0.0660. The SMILES string of the molecule is COC(=O)c1cncc(OCCNC(=O)OC(C)(C)C)c1. The number of pyridine rings is 1. The minimum atomic E-state index is -0.538. The molecule has 1 amide bonds. The maximum absolute atomic E-state index is 11.4. The van der Waals surface area contributed by atoms with Crippen LogP contribution in [-0.4, -0.2) is 42.9 Å². The summed E-state index contributed by atoms with van der Waals surface area (Å²) in [5.41, 5.74) is -0.237. The van der Waals surface area contributed by atoms with Gasteiger partial charge in [0.05, 0.1) is 25.4 Å². The Morgan fingerprint density at radius 3 is 2.62 bits per heavy atom. The molecule has 0 saturated carbocycles. The second kappa shape index (κ2) is 7.47. The molecule has 21 heavy (non-hydrogen) atoms. The number of alkyl carbamates (subject to hydrolysis) is 1. The number of aromatic nitrogens is 1. The third-order valence-corrected chi connectivity index (χ3v) is 2.17. The molecule has 0 unspecified atom stereocenters. The molecule has 0 radical (unpaired) electrons. The molecule has 1 N–H and O–H groups in total. The summed E-state index contributed by atoms with van der Waals surface area (Å²) >= 11 is 0. The number of amides is 1. The number of ether oxygens (including phenoxy) is 3. The van der Waals surface area contributed by atoms with E-state index < -0.39 is 17.7 Å². The summed E-state index contributed by atoms with van der Waals surface area (Å²) in [6, 6.07) is 1.52. The molecule has 0 bridgehead atoms. The third kappa shape index (κ3) is 6.60. The Balaban J connectivity index is 2.36. The van der Waals surface area contributed by atoms with E-state index in [-0.39, 0.29) is 13.2 Å². The fraction of sp³-hybridized carbons (Fsp3) is 0.500. The second-order valence-electron chi connectivity index (χ2n) is 5.18. The van der Waals surface area contributed by atoms with E-state index in [1.54, 1.807) is 20.8 Å². The van der Waals surface area contributed by atoms with E-state index in [0.717, 1.165) is 0 Å². The number of methoxy groups -OCH3 is 1. The largest absolute Gasteiger partial charge is 0.490 e. The highest BCUT2D eigenvalue weighted by molar-refractivity contribution is 5.89. The van der Waals surface area contributed by atoms with Gasteiger partial charge >= 0.3 is 12.1 Å². The number of nitrogens with zero attached hydrogens (tertiary/aromatic N) is 1. The topological polar surface area (TPSA) is 86.8 Å². The Kier molecular flexibility index (Phi) is 5.95. The average Bonchev–Trinajstić information content (AvgIpc) is 2.41.